The molecular weight excluding hydrogens is 207 g/mol. The van der Waals surface area contributed by atoms with Gasteiger partial charge < -0.3 is 4.52 Å². The van der Waals surface area contributed by atoms with Crippen LogP contribution >= 0.6 is 7.37 Å². The predicted molar refractivity (Wildman–Crippen MR) is 68.0 cm³/mol. The molecule has 0 aliphatic rings. The highest BCUT2D eigenvalue weighted by molar-refractivity contribution is 7.58. The van der Waals surface area contributed by atoms with Gasteiger partial charge in [0.05, 0.1) is 6.61 Å². The monoisotopic (exact) mass is 234 g/mol. The van der Waals surface area contributed by atoms with Crippen molar-refractivity contribution in [2.75, 3.05) is 18.9 Å². The zero-order valence-corrected chi connectivity index (χ0v) is 11.5. The molecule has 0 N–H and O–H groups in total. The van der Waals surface area contributed by atoms with Gasteiger partial charge in [-0.25, -0.2) is 0 Å². The molecule has 0 radical (unpaired) electrons. The summed E-state index contributed by atoms with van der Waals surface area (Å²) in [6.45, 7) is 7.08. The summed E-state index contributed by atoms with van der Waals surface area (Å²) in [6, 6.07) is 0. The second-order valence-corrected chi connectivity index (χ2v) is 6.94. The average Bonchev–Trinajstić information content (AvgIpc) is 2.24. The van der Waals surface area contributed by atoms with Crippen LogP contribution in [0.5, 0.6) is 0 Å². The fraction of sp³-hybridized carbons (Fsp3) is 1.00. The van der Waals surface area contributed by atoms with Crippen molar-refractivity contribution in [2.24, 2.45) is 0 Å². The number of rotatable bonds is 10. The van der Waals surface area contributed by atoms with E-state index in [1.165, 1.54) is 0 Å². The van der Waals surface area contributed by atoms with Gasteiger partial charge in [0.1, 0.15) is 0 Å². The summed E-state index contributed by atoms with van der Waals surface area (Å²) < 4.78 is 18.0. The smallest absolute Gasteiger partial charge is 0.203 e. The van der Waals surface area contributed by atoms with Crippen LogP contribution in [0.2, 0.25) is 0 Å². The second kappa shape index (κ2) is 9.42. The van der Waals surface area contributed by atoms with Crippen LogP contribution in [0.1, 0.15) is 59.3 Å². The Labute approximate surface area is 95.2 Å². The lowest BCUT2D eigenvalue weighted by molar-refractivity contribution is 0.304. The molecule has 0 heterocycles. The third-order valence-corrected chi connectivity index (χ3v) is 5.18. The molecule has 15 heavy (non-hydrogen) atoms. The van der Waals surface area contributed by atoms with E-state index in [4.69, 9.17) is 4.52 Å². The lowest BCUT2D eigenvalue weighted by atomic mass is 10.4. The normalized spacial score (nSPS) is 11.9. The maximum atomic E-state index is 12.4. The molecule has 0 unspecified atom stereocenters. The van der Waals surface area contributed by atoms with Crippen LogP contribution in [0.3, 0.4) is 0 Å². The van der Waals surface area contributed by atoms with Gasteiger partial charge in [0.2, 0.25) is 7.37 Å². The third kappa shape index (κ3) is 8.04. The van der Waals surface area contributed by atoms with Crippen LogP contribution in [-0.2, 0) is 9.09 Å². The van der Waals surface area contributed by atoms with Crippen molar-refractivity contribution in [3.8, 4) is 0 Å². The first-order valence-electron chi connectivity index (χ1n) is 6.41. The first-order chi connectivity index (χ1) is 7.18. The van der Waals surface area contributed by atoms with Gasteiger partial charge in [-0.05, 0) is 19.3 Å². The van der Waals surface area contributed by atoms with Crippen molar-refractivity contribution in [3.05, 3.63) is 0 Å². The molecule has 0 spiro atoms. The van der Waals surface area contributed by atoms with Gasteiger partial charge >= 0.3 is 0 Å². The molecule has 0 rings (SSSR count). The zero-order valence-electron chi connectivity index (χ0n) is 10.6. The molecule has 0 amide bonds. The van der Waals surface area contributed by atoms with Crippen molar-refractivity contribution in [2.45, 2.75) is 59.3 Å². The highest BCUT2D eigenvalue weighted by Gasteiger charge is 2.21. The summed E-state index contributed by atoms with van der Waals surface area (Å²) in [5.41, 5.74) is 0. The van der Waals surface area contributed by atoms with E-state index in [0.29, 0.717) is 6.61 Å². The van der Waals surface area contributed by atoms with E-state index in [2.05, 4.69) is 20.8 Å². The van der Waals surface area contributed by atoms with E-state index in [-0.39, 0.29) is 0 Å². The molecule has 0 saturated carbocycles. The lowest BCUT2D eigenvalue weighted by Crippen LogP contribution is -2.01. The molecule has 0 saturated heterocycles. The van der Waals surface area contributed by atoms with Gasteiger partial charge in [0.25, 0.3) is 0 Å². The second-order valence-electron chi connectivity index (χ2n) is 4.16. The molecule has 0 aromatic carbocycles. The van der Waals surface area contributed by atoms with Crippen molar-refractivity contribution in [1.29, 1.82) is 0 Å². The molecule has 0 aromatic rings. The molecular formula is C12H27O2P. The Morgan fingerprint density at radius 3 is 1.73 bits per heavy atom. The largest absolute Gasteiger partial charge is 0.328 e. The maximum Gasteiger partial charge on any atom is 0.203 e. The van der Waals surface area contributed by atoms with E-state index in [9.17, 15) is 4.57 Å². The summed E-state index contributed by atoms with van der Waals surface area (Å²) in [7, 11) is -2.28. The molecule has 0 aliphatic carbocycles. The van der Waals surface area contributed by atoms with Gasteiger partial charge in [-0.1, -0.05) is 40.0 Å². The summed E-state index contributed by atoms with van der Waals surface area (Å²) in [5, 5.41) is 0. The molecule has 0 aliphatic heterocycles. The quantitative estimate of drug-likeness (QED) is 0.405. The lowest BCUT2D eigenvalue weighted by Gasteiger charge is -2.18. The maximum absolute atomic E-state index is 12.4. The van der Waals surface area contributed by atoms with Crippen LogP contribution < -0.4 is 0 Å². The average molecular weight is 234 g/mol. The SMILES string of the molecule is CCCCOP(=O)(CCCC)CCCC. The van der Waals surface area contributed by atoms with E-state index in [0.717, 1.165) is 50.8 Å². The molecule has 0 fully saturated rings. The molecule has 92 valence electrons. The van der Waals surface area contributed by atoms with Crippen molar-refractivity contribution in [1.82, 2.24) is 0 Å². The molecule has 0 bridgehead atoms. The van der Waals surface area contributed by atoms with Crippen LogP contribution in [-0.4, -0.2) is 18.9 Å². The summed E-state index contributed by atoms with van der Waals surface area (Å²) in [4.78, 5) is 0. The minimum atomic E-state index is -2.28. The van der Waals surface area contributed by atoms with Crippen LogP contribution in [0.15, 0.2) is 0 Å². The third-order valence-electron chi connectivity index (χ3n) is 2.53. The van der Waals surface area contributed by atoms with Crippen molar-refractivity contribution >= 4 is 7.37 Å². The number of hydrogen-bond acceptors (Lipinski definition) is 2. The Morgan fingerprint density at radius 2 is 1.33 bits per heavy atom. The van der Waals surface area contributed by atoms with Crippen molar-refractivity contribution in [3.63, 3.8) is 0 Å². The first-order valence-corrected chi connectivity index (χ1v) is 8.40. The summed E-state index contributed by atoms with van der Waals surface area (Å²) in [5.74, 6) is 0. The Balaban J connectivity index is 3.96. The van der Waals surface area contributed by atoms with E-state index in [1.807, 2.05) is 0 Å². The molecule has 0 aromatic heterocycles. The van der Waals surface area contributed by atoms with Crippen LogP contribution in [0.25, 0.3) is 0 Å². The van der Waals surface area contributed by atoms with E-state index < -0.39 is 7.37 Å². The Morgan fingerprint density at radius 1 is 0.867 bits per heavy atom. The standard InChI is InChI=1S/C12H27O2P/c1-4-7-10-14-15(13,11-8-5-2)12-9-6-3/h4-12H2,1-3H3. The topological polar surface area (TPSA) is 26.3 Å². The highest BCUT2D eigenvalue weighted by atomic mass is 31.2. The summed E-state index contributed by atoms with van der Waals surface area (Å²) in [6.07, 6.45) is 7.99. The van der Waals surface area contributed by atoms with Gasteiger partial charge in [-0.3, -0.25) is 4.57 Å². The van der Waals surface area contributed by atoms with E-state index >= 15 is 0 Å². The number of hydrogen-bond donors (Lipinski definition) is 0. The fourth-order valence-electron chi connectivity index (χ4n) is 1.41. The van der Waals surface area contributed by atoms with Crippen LogP contribution in [0.4, 0.5) is 0 Å². The highest BCUT2D eigenvalue weighted by Crippen LogP contribution is 2.48. The number of unbranched alkanes of at least 4 members (excludes halogenated alkanes) is 3. The van der Waals surface area contributed by atoms with Gasteiger partial charge in [-0.15, -0.1) is 0 Å². The fourth-order valence-corrected chi connectivity index (χ4v) is 3.95. The first kappa shape index (κ1) is 15.2. The zero-order chi connectivity index (χ0) is 11.6. The Bertz CT molecular complexity index is 168. The van der Waals surface area contributed by atoms with Gasteiger partial charge in [-0.2, -0.15) is 0 Å². The Hall–Kier alpha value is 0.190. The molecule has 0 atom stereocenters. The Kier molecular flexibility index (Phi) is 9.54. The van der Waals surface area contributed by atoms with E-state index in [1.54, 1.807) is 0 Å². The minimum Gasteiger partial charge on any atom is -0.328 e. The minimum absolute atomic E-state index is 0.682. The molecule has 2 nitrogen and oxygen atoms in total. The summed E-state index contributed by atoms with van der Waals surface area (Å²) >= 11 is 0. The van der Waals surface area contributed by atoms with Gasteiger partial charge in [0.15, 0.2) is 0 Å². The predicted octanol–water partition coefficient (Wildman–Crippen LogP) is 4.68. The van der Waals surface area contributed by atoms with Crippen molar-refractivity contribution < 1.29 is 9.09 Å². The van der Waals surface area contributed by atoms with Crippen LogP contribution in [0, 0.1) is 0 Å². The van der Waals surface area contributed by atoms with Gasteiger partial charge in [0, 0.05) is 12.3 Å². The molecule has 3 heteroatoms.